The fourth-order valence-electron chi connectivity index (χ4n) is 3.02. The van der Waals surface area contributed by atoms with E-state index in [4.69, 9.17) is 9.47 Å². The van der Waals surface area contributed by atoms with Crippen LogP contribution in [0.2, 0.25) is 0 Å². The molecule has 7 heteroatoms. The number of amides is 2. The standard InChI is InChI=1S/C23H23NO5S/c1-4-28-22(26)16(3)24-21(25)20(30-23(24)27)13-18-10-5-6-11-19(18)29-14-17-9-7-8-15(2)12-17/h5-13,16H,4,14H2,1-3H3/b20-13+/t16-/m1/s1. The number of aryl methyl sites for hydroxylation is 1. The smallest absolute Gasteiger partial charge is 0.329 e. The Labute approximate surface area is 179 Å². The molecule has 0 spiro atoms. The molecule has 1 heterocycles. The fraction of sp³-hybridized carbons (Fsp3) is 0.261. The summed E-state index contributed by atoms with van der Waals surface area (Å²) in [5, 5.41) is -0.495. The minimum absolute atomic E-state index is 0.181. The molecule has 0 radical (unpaired) electrons. The van der Waals surface area contributed by atoms with Crippen LogP contribution >= 0.6 is 11.8 Å². The number of thioether (sulfide) groups is 1. The predicted molar refractivity (Wildman–Crippen MR) is 116 cm³/mol. The molecule has 1 aliphatic rings. The second-order valence-electron chi connectivity index (χ2n) is 6.80. The third-order valence-corrected chi connectivity index (χ3v) is 5.40. The zero-order valence-electron chi connectivity index (χ0n) is 17.1. The number of ether oxygens (including phenoxy) is 2. The molecule has 30 heavy (non-hydrogen) atoms. The van der Waals surface area contributed by atoms with Crippen LogP contribution in [0.5, 0.6) is 5.75 Å². The average Bonchev–Trinajstić information content (AvgIpc) is 3.00. The lowest BCUT2D eigenvalue weighted by Crippen LogP contribution is -2.42. The minimum Gasteiger partial charge on any atom is -0.488 e. The minimum atomic E-state index is -0.976. The van der Waals surface area contributed by atoms with Crippen LogP contribution in [0.4, 0.5) is 4.79 Å². The number of carbonyl (C=O) groups excluding carboxylic acids is 3. The van der Waals surface area contributed by atoms with E-state index in [1.54, 1.807) is 13.0 Å². The lowest BCUT2D eigenvalue weighted by Gasteiger charge is -2.19. The topological polar surface area (TPSA) is 72.9 Å². The normalized spacial score (nSPS) is 16.1. The fourth-order valence-corrected chi connectivity index (χ4v) is 3.92. The number of benzene rings is 2. The summed E-state index contributed by atoms with van der Waals surface area (Å²) in [4.78, 5) is 38.3. The molecular weight excluding hydrogens is 402 g/mol. The zero-order valence-corrected chi connectivity index (χ0v) is 17.9. The quantitative estimate of drug-likeness (QED) is 0.478. The van der Waals surface area contributed by atoms with Gasteiger partial charge in [0.15, 0.2) is 0 Å². The molecule has 0 saturated carbocycles. The number of esters is 1. The van der Waals surface area contributed by atoms with Crippen LogP contribution in [0.15, 0.2) is 53.4 Å². The second kappa shape index (κ2) is 9.63. The molecule has 1 saturated heterocycles. The molecular formula is C23H23NO5S. The van der Waals surface area contributed by atoms with Crippen molar-refractivity contribution >= 4 is 35.0 Å². The maximum atomic E-state index is 12.8. The van der Waals surface area contributed by atoms with Crippen molar-refractivity contribution in [1.29, 1.82) is 0 Å². The van der Waals surface area contributed by atoms with Gasteiger partial charge in [-0.1, -0.05) is 48.0 Å². The molecule has 2 amide bonds. The summed E-state index contributed by atoms with van der Waals surface area (Å²) in [6.07, 6.45) is 1.62. The Morgan fingerprint density at radius 3 is 2.67 bits per heavy atom. The first-order valence-corrected chi connectivity index (χ1v) is 10.4. The van der Waals surface area contributed by atoms with Crippen molar-refractivity contribution in [1.82, 2.24) is 4.90 Å². The average molecular weight is 426 g/mol. The highest BCUT2D eigenvalue weighted by atomic mass is 32.2. The Kier molecular flexibility index (Phi) is 6.95. The highest BCUT2D eigenvalue weighted by Crippen LogP contribution is 2.35. The Morgan fingerprint density at radius 2 is 1.93 bits per heavy atom. The summed E-state index contributed by atoms with van der Waals surface area (Å²) >= 11 is 0.801. The van der Waals surface area contributed by atoms with Crippen molar-refractivity contribution in [3.63, 3.8) is 0 Å². The highest BCUT2D eigenvalue weighted by Gasteiger charge is 2.41. The summed E-state index contributed by atoms with van der Waals surface area (Å²) in [5.41, 5.74) is 2.86. The molecule has 156 valence electrons. The number of para-hydroxylation sites is 1. The number of hydrogen-bond acceptors (Lipinski definition) is 6. The van der Waals surface area contributed by atoms with E-state index in [0.29, 0.717) is 17.9 Å². The van der Waals surface area contributed by atoms with E-state index in [1.807, 2.05) is 55.5 Å². The van der Waals surface area contributed by atoms with Gasteiger partial charge in [0, 0.05) is 5.56 Å². The molecule has 0 N–H and O–H groups in total. The summed E-state index contributed by atoms with van der Waals surface area (Å²) in [6.45, 7) is 5.74. The third kappa shape index (κ3) is 4.91. The van der Waals surface area contributed by atoms with E-state index in [-0.39, 0.29) is 11.5 Å². The van der Waals surface area contributed by atoms with Crippen molar-refractivity contribution in [3.8, 4) is 5.75 Å². The monoisotopic (exact) mass is 425 g/mol. The van der Waals surface area contributed by atoms with E-state index in [2.05, 4.69) is 0 Å². The van der Waals surface area contributed by atoms with Gasteiger partial charge in [-0.15, -0.1) is 0 Å². The molecule has 1 fully saturated rings. The molecule has 3 rings (SSSR count). The molecule has 1 aliphatic heterocycles. The van der Waals surface area contributed by atoms with Gasteiger partial charge in [-0.05, 0) is 50.2 Å². The van der Waals surface area contributed by atoms with Crippen molar-refractivity contribution in [2.75, 3.05) is 6.61 Å². The first kappa shape index (κ1) is 21.6. The lowest BCUT2D eigenvalue weighted by molar-refractivity contribution is -0.150. The van der Waals surface area contributed by atoms with Gasteiger partial charge < -0.3 is 9.47 Å². The lowest BCUT2D eigenvalue weighted by atomic mass is 10.1. The van der Waals surface area contributed by atoms with Crippen LogP contribution < -0.4 is 4.74 Å². The van der Waals surface area contributed by atoms with E-state index < -0.39 is 23.2 Å². The number of hydrogen-bond donors (Lipinski definition) is 0. The van der Waals surface area contributed by atoms with E-state index in [0.717, 1.165) is 27.8 Å². The van der Waals surface area contributed by atoms with Crippen molar-refractivity contribution < 1.29 is 23.9 Å². The van der Waals surface area contributed by atoms with Gasteiger partial charge >= 0.3 is 5.97 Å². The van der Waals surface area contributed by atoms with Crippen LogP contribution in [0.1, 0.15) is 30.5 Å². The SMILES string of the molecule is CCOC(=O)[C@@H](C)N1C(=O)S/C(=C/c2ccccc2OCc2cccc(C)c2)C1=O. The number of imide groups is 1. The predicted octanol–water partition coefficient (Wildman–Crippen LogP) is 4.56. The van der Waals surface area contributed by atoms with E-state index >= 15 is 0 Å². The van der Waals surface area contributed by atoms with Gasteiger partial charge in [0.2, 0.25) is 0 Å². The second-order valence-corrected chi connectivity index (χ2v) is 7.79. The summed E-state index contributed by atoms with van der Waals surface area (Å²) in [7, 11) is 0. The van der Waals surface area contributed by atoms with E-state index in [1.165, 1.54) is 6.92 Å². The molecule has 0 aliphatic carbocycles. The molecule has 0 unspecified atom stereocenters. The molecule has 0 bridgehead atoms. The van der Waals surface area contributed by atoms with Crippen molar-refractivity contribution in [2.45, 2.75) is 33.4 Å². The maximum Gasteiger partial charge on any atom is 0.329 e. The summed E-state index contributed by atoms with van der Waals surface area (Å²) in [6, 6.07) is 14.3. The van der Waals surface area contributed by atoms with Gasteiger partial charge in [-0.2, -0.15) is 0 Å². The van der Waals surface area contributed by atoms with Crippen LogP contribution in [-0.2, 0) is 20.9 Å². The van der Waals surface area contributed by atoms with Gasteiger partial charge in [-0.25, -0.2) is 4.79 Å². The Balaban J connectivity index is 1.79. The first-order valence-electron chi connectivity index (χ1n) is 9.61. The maximum absolute atomic E-state index is 12.8. The van der Waals surface area contributed by atoms with Gasteiger partial charge in [0.1, 0.15) is 18.4 Å². The largest absolute Gasteiger partial charge is 0.488 e. The summed E-state index contributed by atoms with van der Waals surface area (Å²) in [5.74, 6) is -0.522. The molecule has 2 aromatic rings. The van der Waals surface area contributed by atoms with Crippen molar-refractivity contribution in [3.05, 3.63) is 70.1 Å². The van der Waals surface area contributed by atoms with Gasteiger partial charge in [0.25, 0.3) is 11.1 Å². The number of rotatable bonds is 7. The molecule has 2 aromatic carbocycles. The van der Waals surface area contributed by atoms with Crippen LogP contribution in [-0.4, -0.2) is 34.7 Å². The Bertz CT molecular complexity index is 1000. The van der Waals surface area contributed by atoms with Gasteiger partial charge in [0.05, 0.1) is 11.5 Å². The molecule has 0 aromatic heterocycles. The molecule has 1 atom stereocenters. The van der Waals surface area contributed by atoms with E-state index in [9.17, 15) is 14.4 Å². The van der Waals surface area contributed by atoms with Crippen LogP contribution in [0.3, 0.4) is 0 Å². The number of nitrogens with zero attached hydrogens (tertiary/aromatic N) is 1. The summed E-state index contributed by atoms with van der Waals surface area (Å²) < 4.78 is 10.9. The Hall–Kier alpha value is -3.06. The molecule has 6 nitrogen and oxygen atoms in total. The first-order chi connectivity index (χ1) is 14.4. The van der Waals surface area contributed by atoms with Crippen LogP contribution in [0, 0.1) is 6.92 Å². The highest BCUT2D eigenvalue weighted by molar-refractivity contribution is 8.18. The van der Waals surface area contributed by atoms with Gasteiger partial charge in [-0.3, -0.25) is 14.5 Å². The third-order valence-electron chi connectivity index (χ3n) is 4.52. The van der Waals surface area contributed by atoms with Crippen molar-refractivity contribution in [2.24, 2.45) is 0 Å². The Morgan fingerprint density at radius 1 is 1.17 bits per heavy atom. The number of carbonyl (C=O) groups is 3. The van der Waals surface area contributed by atoms with Crippen LogP contribution in [0.25, 0.3) is 6.08 Å². The zero-order chi connectivity index (χ0) is 21.7.